The quantitative estimate of drug-likeness (QED) is 0.127. The van der Waals surface area contributed by atoms with Gasteiger partial charge in [-0.1, -0.05) is 60.7 Å². The summed E-state index contributed by atoms with van der Waals surface area (Å²) in [7, 11) is 1.03. The minimum Gasteiger partial charge on any atom is -0.467 e. The second-order valence-corrected chi connectivity index (χ2v) is 8.23. The SMILES string of the molecule is COC(=O)[C@@](N)(CO)C(=O)[C@H](CCCCNC(=O)OCc1ccccc1)NC(=O)OCc1ccccc1. The Kier molecular flexibility index (Phi) is 12.0. The molecule has 0 aliphatic rings. The lowest BCUT2D eigenvalue weighted by Crippen LogP contribution is -2.64. The number of methoxy groups -OCH3 is 1. The van der Waals surface area contributed by atoms with Gasteiger partial charge in [-0.05, 0) is 30.4 Å². The van der Waals surface area contributed by atoms with Gasteiger partial charge in [0.25, 0.3) is 0 Å². The molecule has 2 aromatic rings. The Morgan fingerprint density at radius 1 is 0.892 bits per heavy atom. The van der Waals surface area contributed by atoms with E-state index in [-0.39, 0.29) is 26.2 Å². The first-order chi connectivity index (χ1) is 17.8. The fourth-order valence-corrected chi connectivity index (χ4v) is 3.35. The molecule has 0 aliphatic heterocycles. The number of alkyl carbamates (subject to hydrolysis) is 2. The summed E-state index contributed by atoms with van der Waals surface area (Å²) < 4.78 is 14.9. The van der Waals surface area contributed by atoms with Crippen molar-refractivity contribution in [2.75, 3.05) is 20.3 Å². The van der Waals surface area contributed by atoms with E-state index in [0.29, 0.717) is 12.8 Å². The normalized spacial score (nSPS) is 12.9. The van der Waals surface area contributed by atoms with E-state index in [2.05, 4.69) is 15.4 Å². The fraction of sp³-hybridized carbons (Fsp3) is 0.385. The molecule has 2 atom stereocenters. The van der Waals surface area contributed by atoms with Gasteiger partial charge in [-0.25, -0.2) is 14.4 Å². The molecule has 5 N–H and O–H groups in total. The molecular weight excluding hydrogens is 482 g/mol. The van der Waals surface area contributed by atoms with Crippen molar-refractivity contribution in [1.82, 2.24) is 10.6 Å². The van der Waals surface area contributed by atoms with Gasteiger partial charge in [0.2, 0.25) is 0 Å². The lowest BCUT2D eigenvalue weighted by molar-refractivity contribution is -0.154. The number of amides is 2. The van der Waals surface area contributed by atoms with Crippen molar-refractivity contribution < 1.29 is 38.5 Å². The third-order valence-corrected chi connectivity index (χ3v) is 5.46. The molecule has 0 bridgehead atoms. The van der Waals surface area contributed by atoms with Crippen LogP contribution in [0.1, 0.15) is 30.4 Å². The van der Waals surface area contributed by atoms with Crippen LogP contribution in [0.2, 0.25) is 0 Å². The summed E-state index contributed by atoms with van der Waals surface area (Å²) in [6.07, 6.45) is -0.631. The van der Waals surface area contributed by atoms with Crippen LogP contribution < -0.4 is 16.4 Å². The number of rotatable bonds is 14. The van der Waals surface area contributed by atoms with Gasteiger partial charge >= 0.3 is 18.2 Å². The van der Waals surface area contributed by atoms with Crippen LogP contribution in [-0.2, 0) is 37.0 Å². The maximum Gasteiger partial charge on any atom is 0.408 e. The molecule has 0 saturated carbocycles. The van der Waals surface area contributed by atoms with Gasteiger partial charge in [0.05, 0.1) is 19.8 Å². The summed E-state index contributed by atoms with van der Waals surface area (Å²) in [5.41, 5.74) is 5.08. The van der Waals surface area contributed by atoms with E-state index in [1.807, 2.05) is 36.4 Å². The summed E-state index contributed by atoms with van der Waals surface area (Å²) in [5.74, 6) is -2.05. The Hall–Kier alpha value is -3.96. The Labute approximate surface area is 215 Å². The van der Waals surface area contributed by atoms with Crippen molar-refractivity contribution in [2.45, 2.75) is 44.1 Å². The molecule has 37 heavy (non-hydrogen) atoms. The Balaban J connectivity index is 1.88. The highest BCUT2D eigenvalue weighted by Gasteiger charge is 2.46. The first-order valence-corrected chi connectivity index (χ1v) is 11.7. The minimum atomic E-state index is -2.36. The van der Waals surface area contributed by atoms with Crippen molar-refractivity contribution in [1.29, 1.82) is 0 Å². The number of aliphatic hydroxyl groups is 1. The van der Waals surface area contributed by atoms with Gasteiger partial charge in [0, 0.05) is 6.54 Å². The molecule has 0 unspecified atom stereocenters. The molecule has 0 spiro atoms. The largest absolute Gasteiger partial charge is 0.467 e. The van der Waals surface area contributed by atoms with E-state index >= 15 is 0 Å². The minimum absolute atomic E-state index is 0.0344. The van der Waals surface area contributed by atoms with Gasteiger partial charge in [-0.2, -0.15) is 0 Å². The lowest BCUT2D eigenvalue weighted by Gasteiger charge is -2.28. The molecule has 0 aromatic heterocycles. The number of esters is 1. The predicted molar refractivity (Wildman–Crippen MR) is 133 cm³/mol. The van der Waals surface area contributed by atoms with E-state index in [4.69, 9.17) is 15.2 Å². The highest BCUT2D eigenvalue weighted by Crippen LogP contribution is 2.13. The standard InChI is InChI=1S/C26H33N3O8/c1-35-23(32)26(27,18-30)22(31)21(29-25(34)37-17-20-12-6-3-7-13-20)14-8-9-15-28-24(33)36-16-19-10-4-2-5-11-19/h2-7,10-13,21,30H,8-9,14-18,27H2,1H3,(H,28,33)(H,29,34)/t21-,26+/m0/s1. The summed E-state index contributed by atoms with van der Waals surface area (Å²) >= 11 is 0. The Morgan fingerprint density at radius 3 is 1.95 bits per heavy atom. The first kappa shape index (κ1) is 29.3. The summed E-state index contributed by atoms with van der Waals surface area (Å²) in [5, 5.41) is 14.7. The van der Waals surface area contributed by atoms with Crippen molar-refractivity contribution >= 4 is 23.9 Å². The smallest absolute Gasteiger partial charge is 0.408 e. The molecule has 11 heteroatoms. The number of aliphatic hydroxyl groups excluding tert-OH is 1. The zero-order valence-electron chi connectivity index (χ0n) is 20.7. The number of unbranched alkanes of at least 4 members (excludes halogenated alkanes) is 1. The van der Waals surface area contributed by atoms with Gasteiger partial charge in [-0.3, -0.25) is 4.79 Å². The molecule has 2 aromatic carbocycles. The van der Waals surface area contributed by atoms with Crippen LogP contribution in [0.4, 0.5) is 9.59 Å². The molecule has 0 radical (unpaired) electrons. The average molecular weight is 516 g/mol. The number of carbonyl (C=O) groups is 4. The van der Waals surface area contributed by atoms with Gasteiger partial charge in [-0.15, -0.1) is 0 Å². The summed E-state index contributed by atoms with van der Waals surface area (Å²) in [6.45, 7) is -0.665. The number of hydrogen-bond acceptors (Lipinski definition) is 9. The molecule has 0 fully saturated rings. The molecule has 0 saturated heterocycles. The van der Waals surface area contributed by atoms with Crippen LogP contribution in [0.5, 0.6) is 0 Å². The van der Waals surface area contributed by atoms with Crippen molar-refractivity contribution in [2.24, 2.45) is 5.73 Å². The van der Waals surface area contributed by atoms with Gasteiger partial charge in [0.1, 0.15) is 13.2 Å². The Morgan fingerprint density at radius 2 is 1.43 bits per heavy atom. The highest BCUT2D eigenvalue weighted by molar-refractivity contribution is 6.11. The maximum absolute atomic E-state index is 13.1. The summed E-state index contributed by atoms with van der Waals surface area (Å²) in [6, 6.07) is 16.9. The van der Waals surface area contributed by atoms with Crippen LogP contribution >= 0.6 is 0 Å². The van der Waals surface area contributed by atoms with Crippen LogP contribution in [0.25, 0.3) is 0 Å². The number of ether oxygens (including phenoxy) is 3. The molecule has 11 nitrogen and oxygen atoms in total. The molecule has 200 valence electrons. The topological polar surface area (TPSA) is 166 Å². The van der Waals surface area contributed by atoms with Crippen LogP contribution in [0, 0.1) is 0 Å². The number of benzene rings is 2. The zero-order chi connectivity index (χ0) is 27.1. The van der Waals surface area contributed by atoms with E-state index in [1.165, 1.54) is 0 Å². The van der Waals surface area contributed by atoms with E-state index < -0.39 is 42.1 Å². The molecule has 2 rings (SSSR count). The number of nitrogens with one attached hydrogen (secondary N) is 2. The molecule has 0 heterocycles. The van der Waals surface area contributed by atoms with E-state index in [0.717, 1.165) is 18.2 Å². The number of Topliss-reactive ketones (excluding diaryl/α,β-unsaturated/α-hetero) is 1. The zero-order valence-corrected chi connectivity index (χ0v) is 20.7. The second kappa shape index (κ2) is 15.2. The molecule has 0 aliphatic carbocycles. The van der Waals surface area contributed by atoms with Crippen LogP contribution in [0.3, 0.4) is 0 Å². The summed E-state index contributed by atoms with van der Waals surface area (Å²) in [4.78, 5) is 49.4. The van der Waals surface area contributed by atoms with Crippen LogP contribution in [0.15, 0.2) is 60.7 Å². The third kappa shape index (κ3) is 9.54. The third-order valence-electron chi connectivity index (χ3n) is 5.46. The number of nitrogens with two attached hydrogens (primary N) is 1. The van der Waals surface area contributed by atoms with Crippen molar-refractivity contribution in [3.8, 4) is 0 Å². The monoisotopic (exact) mass is 515 g/mol. The Bertz CT molecular complexity index is 1020. The van der Waals surface area contributed by atoms with Gasteiger partial charge in [0.15, 0.2) is 11.3 Å². The average Bonchev–Trinajstić information content (AvgIpc) is 2.93. The van der Waals surface area contributed by atoms with Crippen LogP contribution in [-0.4, -0.2) is 60.9 Å². The number of hydrogen-bond donors (Lipinski definition) is 4. The van der Waals surface area contributed by atoms with Crippen molar-refractivity contribution in [3.05, 3.63) is 71.8 Å². The van der Waals surface area contributed by atoms with Crippen molar-refractivity contribution in [3.63, 3.8) is 0 Å². The maximum atomic E-state index is 13.1. The van der Waals surface area contributed by atoms with E-state index in [9.17, 15) is 24.3 Å². The number of ketones is 1. The van der Waals surface area contributed by atoms with Gasteiger partial charge < -0.3 is 35.7 Å². The predicted octanol–water partition coefficient (Wildman–Crippen LogP) is 1.81. The molecule has 2 amide bonds. The first-order valence-electron chi connectivity index (χ1n) is 11.7. The lowest BCUT2D eigenvalue weighted by atomic mass is 9.88. The highest BCUT2D eigenvalue weighted by atomic mass is 16.6. The fourth-order valence-electron chi connectivity index (χ4n) is 3.35. The van der Waals surface area contributed by atoms with E-state index in [1.54, 1.807) is 24.3 Å². The number of carbonyl (C=O) groups excluding carboxylic acids is 4. The molecular formula is C26H33N3O8. The second-order valence-electron chi connectivity index (χ2n) is 8.23.